The van der Waals surface area contributed by atoms with E-state index < -0.39 is 5.91 Å². The quantitative estimate of drug-likeness (QED) is 0.491. The number of anilines is 1. The van der Waals surface area contributed by atoms with Crippen molar-refractivity contribution in [1.29, 1.82) is 0 Å². The molecule has 0 saturated carbocycles. The van der Waals surface area contributed by atoms with E-state index in [2.05, 4.69) is 15.5 Å². The van der Waals surface area contributed by atoms with Gasteiger partial charge in [-0.15, -0.1) is 0 Å². The lowest BCUT2D eigenvalue weighted by molar-refractivity contribution is -0.00546. The Hall–Kier alpha value is -3.72. The molecule has 9 heteroatoms. The third-order valence-electron chi connectivity index (χ3n) is 4.98. The number of nitrogens with zero attached hydrogens (tertiary/aromatic N) is 4. The molecule has 3 aromatic rings. The Morgan fingerprint density at radius 2 is 1.90 bits per heavy atom. The Morgan fingerprint density at radius 1 is 1.19 bits per heavy atom. The molecule has 0 bridgehead atoms. The first kappa shape index (κ1) is 20.5. The first-order chi connectivity index (χ1) is 14.9. The summed E-state index contributed by atoms with van der Waals surface area (Å²) >= 11 is 0. The Labute approximate surface area is 178 Å². The molecule has 0 aliphatic carbocycles. The fourth-order valence-corrected chi connectivity index (χ4v) is 3.68. The maximum atomic E-state index is 13.2. The van der Waals surface area contributed by atoms with Gasteiger partial charge in [0.05, 0.1) is 24.0 Å². The lowest BCUT2D eigenvalue weighted by Gasteiger charge is -2.36. The van der Waals surface area contributed by atoms with Crippen LogP contribution in [0.1, 0.15) is 29.8 Å². The SMILES string of the molecule is C[C@@H]1CN(c2nc3ccccn3c(=O)c2/C=N\NC(=O)c2ccccc2O)C[C@H](C)O1. The van der Waals surface area contributed by atoms with Crippen molar-refractivity contribution in [1.82, 2.24) is 14.8 Å². The van der Waals surface area contributed by atoms with Crippen LogP contribution in [0.5, 0.6) is 5.75 Å². The standard InChI is InChI=1S/C22H23N5O4/c1-14-12-26(13-15(2)31-14)20-17(22(30)27-10-6-5-9-19(27)24-20)11-23-25-21(29)16-7-3-4-8-18(16)28/h3-11,14-15,28H,12-13H2,1-2H3,(H,25,29)/b23-11-/t14-,15+. The van der Waals surface area contributed by atoms with Crippen LogP contribution in [0.25, 0.3) is 5.65 Å². The van der Waals surface area contributed by atoms with Crippen LogP contribution in [-0.4, -0.2) is 51.9 Å². The van der Waals surface area contributed by atoms with Gasteiger partial charge in [-0.1, -0.05) is 18.2 Å². The van der Waals surface area contributed by atoms with E-state index >= 15 is 0 Å². The molecule has 0 radical (unpaired) electrons. The number of hydrogen-bond donors (Lipinski definition) is 2. The van der Waals surface area contributed by atoms with E-state index in [0.717, 1.165) is 0 Å². The number of pyridine rings is 1. The summed E-state index contributed by atoms with van der Waals surface area (Å²) in [5.41, 5.74) is 2.92. The molecule has 2 atom stereocenters. The average molecular weight is 421 g/mol. The second-order valence-electron chi connectivity index (χ2n) is 7.46. The molecule has 2 aromatic heterocycles. The number of hydrazone groups is 1. The van der Waals surface area contributed by atoms with Crippen LogP contribution >= 0.6 is 0 Å². The third-order valence-corrected chi connectivity index (χ3v) is 4.98. The molecule has 31 heavy (non-hydrogen) atoms. The second-order valence-corrected chi connectivity index (χ2v) is 7.46. The summed E-state index contributed by atoms with van der Waals surface area (Å²) in [5, 5.41) is 13.8. The fraction of sp³-hybridized carbons (Fsp3) is 0.273. The highest BCUT2D eigenvalue weighted by atomic mass is 16.5. The maximum absolute atomic E-state index is 13.2. The topological polar surface area (TPSA) is 109 Å². The number of rotatable bonds is 4. The van der Waals surface area contributed by atoms with E-state index in [-0.39, 0.29) is 34.6 Å². The van der Waals surface area contributed by atoms with Crippen LogP contribution in [0.2, 0.25) is 0 Å². The molecule has 3 heterocycles. The molecule has 160 valence electrons. The normalized spacial score (nSPS) is 19.1. The molecule has 1 fully saturated rings. The number of para-hydroxylation sites is 1. The lowest BCUT2D eigenvalue weighted by Crippen LogP contribution is -2.47. The zero-order valence-electron chi connectivity index (χ0n) is 17.2. The number of benzene rings is 1. The summed E-state index contributed by atoms with van der Waals surface area (Å²) in [6.45, 7) is 5.09. The first-order valence-corrected chi connectivity index (χ1v) is 9.97. The molecule has 1 aliphatic rings. The average Bonchev–Trinajstić information content (AvgIpc) is 2.74. The van der Waals surface area contributed by atoms with Crippen molar-refractivity contribution in [3.63, 3.8) is 0 Å². The predicted octanol–water partition coefficient (Wildman–Crippen LogP) is 1.78. The second kappa shape index (κ2) is 8.57. The summed E-state index contributed by atoms with van der Waals surface area (Å²) in [4.78, 5) is 32.2. The first-order valence-electron chi connectivity index (χ1n) is 9.97. The van der Waals surface area contributed by atoms with Gasteiger partial charge in [-0.25, -0.2) is 10.4 Å². The van der Waals surface area contributed by atoms with Crippen LogP contribution in [0.15, 0.2) is 58.6 Å². The highest BCUT2D eigenvalue weighted by Gasteiger charge is 2.26. The number of carbonyl (C=O) groups is 1. The van der Waals surface area contributed by atoms with Gasteiger partial charge in [-0.2, -0.15) is 5.10 Å². The van der Waals surface area contributed by atoms with Gasteiger partial charge in [0, 0.05) is 19.3 Å². The van der Waals surface area contributed by atoms with Crippen LogP contribution in [0.3, 0.4) is 0 Å². The highest BCUT2D eigenvalue weighted by molar-refractivity contribution is 5.97. The molecule has 0 spiro atoms. The number of carbonyl (C=O) groups excluding carboxylic acids is 1. The van der Waals surface area contributed by atoms with E-state index in [1.807, 2.05) is 24.8 Å². The van der Waals surface area contributed by atoms with Gasteiger partial charge < -0.3 is 14.7 Å². The number of morpholine rings is 1. The van der Waals surface area contributed by atoms with Gasteiger partial charge in [0.25, 0.3) is 11.5 Å². The number of nitrogens with one attached hydrogen (secondary N) is 1. The van der Waals surface area contributed by atoms with Crippen LogP contribution in [-0.2, 0) is 4.74 Å². The number of ether oxygens (including phenoxy) is 1. The number of phenols is 1. The van der Waals surface area contributed by atoms with Gasteiger partial charge in [-0.05, 0) is 38.1 Å². The van der Waals surface area contributed by atoms with Crippen molar-refractivity contribution in [3.05, 3.63) is 70.1 Å². The van der Waals surface area contributed by atoms with Gasteiger partial charge >= 0.3 is 0 Å². The summed E-state index contributed by atoms with van der Waals surface area (Å²) in [6, 6.07) is 11.5. The summed E-state index contributed by atoms with van der Waals surface area (Å²) in [6.07, 6.45) is 2.89. The van der Waals surface area contributed by atoms with Crippen molar-refractivity contribution in [2.24, 2.45) is 5.10 Å². The summed E-state index contributed by atoms with van der Waals surface area (Å²) in [7, 11) is 0. The van der Waals surface area contributed by atoms with Crippen molar-refractivity contribution >= 4 is 23.6 Å². The van der Waals surface area contributed by atoms with Gasteiger partial charge in [-0.3, -0.25) is 14.0 Å². The van der Waals surface area contributed by atoms with Crippen molar-refractivity contribution in [3.8, 4) is 5.75 Å². The number of aromatic nitrogens is 2. The molecule has 1 aliphatic heterocycles. The van der Waals surface area contributed by atoms with Gasteiger partial charge in [0.15, 0.2) is 0 Å². The van der Waals surface area contributed by atoms with E-state index in [1.54, 1.807) is 30.5 Å². The van der Waals surface area contributed by atoms with Gasteiger partial charge in [0.1, 0.15) is 22.8 Å². The Balaban J connectivity index is 1.71. The molecule has 1 saturated heterocycles. The molecule has 1 amide bonds. The minimum atomic E-state index is -0.585. The zero-order chi connectivity index (χ0) is 22.0. The lowest BCUT2D eigenvalue weighted by atomic mass is 10.2. The highest BCUT2D eigenvalue weighted by Crippen LogP contribution is 2.21. The Morgan fingerprint density at radius 3 is 2.65 bits per heavy atom. The number of phenolic OH excluding ortho intramolecular Hbond substituents is 1. The smallest absolute Gasteiger partial charge is 0.275 e. The molecule has 2 N–H and O–H groups in total. The van der Waals surface area contributed by atoms with E-state index in [4.69, 9.17) is 4.74 Å². The number of fused-ring (bicyclic) bond motifs is 1. The van der Waals surface area contributed by atoms with Crippen molar-refractivity contribution in [2.75, 3.05) is 18.0 Å². The minimum absolute atomic E-state index is 0.0228. The molecule has 4 rings (SSSR count). The molecule has 0 unspecified atom stereocenters. The third kappa shape index (κ3) is 4.26. The summed E-state index contributed by atoms with van der Waals surface area (Å²) < 4.78 is 7.23. The van der Waals surface area contributed by atoms with Crippen LogP contribution < -0.4 is 15.9 Å². The van der Waals surface area contributed by atoms with E-state index in [9.17, 15) is 14.7 Å². The van der Waals surface area contributed by atoms with Crippen LogP contribution in [0, 0.1) is 0 Å². The van der Waals surface area contributed by atoms with Crippen molar-refractivity contribution in [2.45, 2.75) is 26.1 Å². The fourth-order valence-electron chi connectivity index (χ4n) is 3.68. The van der Waals surface area contributed by atoms with Crippen molar-refractivity contribution < 1.29 is 14.6 Å². The number of amides is 1. The van der Waals surface area contributed by atoms with E-state index in [0.29, 0.717) is 24.6 Å². The Kier molecular flexibility index (Phi) is 5.68. The molecular formula is C22H23N5O4. The monoisotopic (exact) mass is 421 g/mol. The predicted molar refractivity (Wildman–Crippen MR) is 117 cm³/mol. The van der Waals surface area contributed by atoms with Gasteiger partial charge in [0.2, 0.25) is 0 Å². The van der Waals surface area contributed by atoms with Crippen LogP contribution in [0.4, 0.5) is 5.82 Å². The maximum Gasteiger partial charge on any atom is 0.275 e. The van der Waals surface area contributed by atoms with E-state index in [1.165, 1.54) is 22.7 Å². The largest absolute Gasteiger partial charge is 0.507 e. The molecular weight excluding hydrogens is 398 g/mol. The molecule has 1 aromatic carbocycles. The molecule has 9 nitrogen and oxygen atoms in total. The Bertz CT molecular complexity index is 1200. The summed E-state index contributed by atoms with van der Waals surface area (Å²) in [5.74, 6) is -0.253. The number of hydrogen-bond acceptors (Lipinski definition) is 7. The zero-order valence-corrected chi connectivity index (χ0v) is 17.2. The minimum Gasteiger partial charge on any atom is -0.507 e. The number of aromatic hydroxyl groups is 1.